The van der Waals surface area contributed by atoms with Gasteiger partial charge in [-0.15, -0.1) is 0 Å². The molecule has 4 rings (SSSR count). The molecule has 0 spiro atoms. The van der Waals surface area contributed by atoms with E-state index in [4.69, 9.17) is 9.97 Å². The van der Waals surface area contributed by atoms with E-state index in [-0.39, 0.29) is 5.75 Å². The Bertz CT molecular complexity index is 678. The smallest absolute Gasteiger partial charge is 0.165 e. The molecule has 1 aromatic heterocycles. The van der Waals surface area contributed by atoms with Crippen molar-refractivity contribution >= 4 is 5.82 Å². The van der Waals surface area contributed by atoms with Crippen LogP contribution >= 0.6 is 0 Å². The number of aromatic nitrogens is 2. The van der Waals surface area contributed by atoms with Gasteiger partial charge in [0.25, 0.3) is 0 Å². The maximum atomic E-state index is 10.1. The molecule has 0 amide bonds. The maximum Gasteiger partial charge on any atom is 0.165 e. The zero-order valence-corrected chi connectivity index (χ0v) is 12.0. The lowest BCUT2D eigenvalue weighted by Gasteiger charge is -2.20. The summed E-state index contributed by atoms with van der Waals surface area (Å²) in [4.78, 5) is 11.9. The molecule has 1 fully saturated rings. The Morgan fingerprint density at radius 1 is 0.952 bits per heavy atom. The van der Waals surface area contributed by atoms with Gasteiger partial charge in [-0.25, -0.2) is 9.97 Å². The number of aryl methyl sites for hydroxylation is 1. The predicted molar refractivity (Wildman–Crippen MR) is 82.6 cm³/mol. The Labute approximate surface area is 124 Å². The van der Waals surface area contributed by atoms with Crippen LogP contribution in [0.25, 0.3) is 11.4 Å². The van der Waals surface area contributed by atoms with Crippen LogP contribution in [0.15, 0.2) is 24.3 Å². The van der Waals surface area contributed by atoms with Crippen LogP contribution in [0.4, 0.5) is 5.82 Å². The van der Waals surface area contributed by atoms with Gasteiger partial charge in [-0.1, -0.05) is 12.1 Å². The molecule has 2 heterocycles. The zero-order chi connectivity index (χ0) is 14.2. The van der Waals surface area contributed by atoms with Gasteiger partial charge in [0.1, 0.15) is 11.6 Å². The number of rotatable bonds is 2. The van der Waals surface area contributed by atoms with E-state index >= 15 is 0 Å². The molecule has 1 N–H and O–H groups in total. The van der Waals surface area contributed by atoms with E-state index in [9.17, 15) is 5.11 Å². The van der Waals surface area contributed by atoms with Gasteiger partial charge >= 0.3 is 0 Å². The summed E-state index contributed by atoms with van der Waals surface area (Å²) < 4.78 is 0. The van der Waals surface area contributed by atoms with Crippen LogP contribution in [0, 0.1) is 0 Å². The Morgan fingerprint density at radius 2 is 1.76 bits per heavy atom. The second kappa shape index (κ2) is 5.02. The summed E-state index contributed by atoms with van der Waals surface area (Å²) in [6.07, 6.45) is 5.76. The Morgan fingerprint density at radius 3 is 2.57 bits per heavy atom. The minimum atomic E-state index is 0.253. The number of phenols is 1. The predicted octanol–water partition coefficient (Wildman–Crippen LogP) is 2.94. The lowest BCUT2D eigenvalue weighted by atomic mass is 10.1. The van der Waals surface area contributed by atoms with E-state index in [1.54, 1.807) is 6.07 Å². The van der Waals surface area contributed by atoms with Gasteiger partial charge in [0.15, 0.2) is 5.82 Å². The van der Waals surface area contributed by atoms with Crippen molar-refractivity contribution < 1.29 is 5.11 Å². The first kappa shape index (κ1) is 12.6. The quantitative estimate of drug-likeness (QED) is 0.919. The summed E-state index contributed by atoms with van der Waals surface area (Å²) in [5.41, 5.74) is 3.23. The molecule has 21 heavy (non-hydrogen) atoms. The van der Waals surface area contributed by atoms with Crippen molar-refractivity contribution in [1.82, 2.24) is 9.97 Å². The van der Waals surface area contributed by atoms with Crippen molar-refractivity contribution in [3.63, 3.8) is 0 Å². The molecule has 108 valence electrons. The van der Waals surface area contributed by atoms with E-state index in [2.05, 4.69) is 4.90 Å². The molecule has 0 bridgehead atoms. The number of benzene rings is 1. The standard InChI is InChI=1S/C17H19N3O/c21-15-9-2-1-6-13(15)16-18-14-8-5-7-12(14)17(19-16)20-10-3-4-11-20/h1-2,6,9,21H,3-5,7-8,10-11H2. The maximum absolute atomic E-state index is 10.1. The van der Waals surface area contributed by atoms with Crippen LogP contribution in [0.2, 0.25) is 0 Å². The van der Waals surface area contributed by atoms with E-state index < -0.39 is 0 Å². The third-order valence-corrected chi connectivity index (χ3v) is 4.46. The van der Waals surface area contributed by atoms with Crippen molar-refractivity contribution in [3.8, 4) is 17.1 Å². The lowest BCUT2D eigenvalue weighted by Crippen LogP contribution is -2.21. The number of hydrogen-bond acceptors (Lipinski definition) is 4. The molecule has 2 aliphatic rings. The molecule has 0 unspecified atom stereocenters. The molecular formula is C17H19N3O. The van der Waals surface area contributed by atoms with Crippen molar-refractivity contribution in [1.29, 1.82) is 0 Å². The van der Waals surface area contributed by atoms with E-state index in [0.29, 0.717) is 5.82 Å². The van der Waals surface area contributed by atoms with Crippen LogP contribution < -0.4 is 4.90 Å². The molecule has 1 aliphatic carbocycles. The molecule has 0 atom stereocenters. The van der Waals surface area contributed by atoms with Crippen LogP contribution in [0.3, 0.4) is 0 Å². The van der Waals surface area contributed by atoms with Gasteiger partial charge < -0.3 is 10.0 Å². The average Bonchev–Trinajstić information content (AvgIpc) is 3.18. The lowest BCUT2D eigenvalue weighted by molar-refractivity contribution is 0.477. The first-order chi connectivity index (χ1) is 10.3. The highest BCUT2D eigenvalue weighted by Gasteiger charge is 2.25. The summed E-state index contributed by atoms with van der Waals surface area (Å²) in [5.74, 6) is 2.02. The summed E-state index contributed by atoms with van der Waals surface area (Å²) >= 11 is 0. The van der Waals surface area contributed by atoms with Gasteiger partial charge in [-0.05, 0) is 44.2 Å². The zero-order valence-electron chi connectivity index (χ0n) is 12.0. The van der Waals surface area contributed by atoms with Gasteiger partial charge in [0.05, 0.1) is 5.56 Å². The second-order valence-corrected chi connectivity index (χ2v) is 5.86. The number of anilines is 1. The monoisotopic (exact) mass is 281 g/mol. The number of aromatic hydroxyl groups is 1. The number of para-hydroxylation sites is 1. The molecule has 4 nitrogen and oxygen atoms in total. The van der Waals surface area contributed by atoms with Crippen molar-refractivity contribution in [2.45, 2.75) is 32.1 Å². The second-order valence-electron chi connectivity index (χ2n) is 5.86. The van der Waals surface area contributed by atoms with Crippen molar-refractivity contribution in [2.24, 2.45) is 0 Å². The van der Waals surface area contributed by atoms with E-state index in [1.807, 2.05) is 18.2 Å². The number of hydrogen-bond donors (Lipinski definition) is 1. The number of phenolic OH excluding ortho intramolecular Hbond substituents is 1. The molecule has 1 aromatic carbocycles. The van der Waals surface area contributed by atoms with Crippen molar-refractivity contribution in [2.75, 3.05) is 18.0 Å². The molecule has 2 aromatic rings. The van der Waals surface area contributed by atoms with Crippen LogP contribution in [-0.2, 0) is 12.8 Å². The molecule has 0 radical (unpaired) electrons. The van der Waals surface area contributed by atoms with Gasteiger partial charge in [-0.3, -0.25) is 0 Å². The van der Waals surface area contributed by atoms with Gasteiger partial charge in [-0.2, -0.15) is 0 Å². The molecule has 0 saturated carbocycles. The van der Waals surface area contributed by atoms with Gasteiger partial charge in [0, 0.05) is 24.3 Å². The molecule has 4 heteroatoms. The van der Waals surface area contributed by atoms with Crippen LogP contribution in [-0.4, -0.2) is 28.2 Å². The highest BCUT2D eigenvalue weighted by atomic mass is 16.3. The summed E-state index contributed by atoms with van der Waals surface area (Å²) in [7, 11) is 0. The SMILES string of the molecule is Oc1ccccc1-c1nc2c(c(N3CCCC3)n1)CCC2. The van der Waals surface area contributed by atoms with Crippen molar-refractivity contribution in [3.05, 3.63) is 35.5 Å². The summed E-state index contributed by atoms with van der Waals surface area (Å²) in [6, 6.07) is 7.33. The van der Waals surface area contributed by atoms with Crippen LogP contribution in [0.1, 0.15) is 30.5 Å². The third kappa shape index (κ3) is 2.15. The topological polar surface area (TPSA) is 49.3 Å². The first-order valence-corrected chi connectivity index (χ1v) is 7.76. The normalized spacial score (nSPS) is 17.2. The molecular weight excluding hydrogens is 262 g/mol. The fraction of sp³-hybridized carbons (Fsp3) is 0.412. The van der Waals surface area contributed by atoms with Crippen LogP contribution in [0.5, 0.6) is 5.75 Å². The van der Waals surface area contributed by atoms with Gasteiger partial charge in [0.2, 0.25) is 0 Å². The summed E-state index contributed by atoms with van der Waals surface area (Å²) in [6.45, 7) is 2.17. The fourth-order valence-electron chi connectivity index (χ4n) is 3.39. The molecule has 1 aliphatic heterocycles. The minimum Gasteiger partial charge on any atom is -0.507 e. The number of nitrogens with zero attached hydrogens (tertiary/aromatic N) is 3. The Hall–Kier alpha value is -2.10. The minimum absolute atomic E-state index is 0.253. The first-order valence-electron chi connectivity index (χ1n) is 7.76. The third-order valence-electron chi connectivity index (χ3n) is 4.46. The fourth-order valence-corrected chi connectivity index (χ4v) is 3.39. The highest BCUT2D eigenvalue weighted by Crippen LogP contribution is 2.34. The van der Waals surface area contributed by atoms with E-state index in [0.717, 1.165) is 43.7 Å². The highest BCUT2D eigenvalue weighted by molar-refractivity contribution is 5.66. The average molecular weight is 281 g/mol. The molecule has 1 saturated heterocycles. The summed E-state index contributed by atoms with van der Waals surface area (Å²) in [5, 5.41) is 10.1. The Balaban J connectivity index is 1.86. The number of fused-ring (bicyclic) bond motifs is 1. The van der Waals surface area contributed by atoms with E-state index in [1.165, 1.54) is 24.1 Å². The largest absolute Gasteiger partial charge is 0.507 e. The Kier molecular flexibility index (Phi) is 3.02.